The maximum Gasteiger partial charge on any atom is 2.00 e. The van der Waals surface area contributed by atoms with Gasteiger partial charge in [-0.2, -0.15) is 0 Å². The number of phenols is 1. The number of aromatic carboxylic acids is 2. The summed E-state index contributed by atoms with van der Waals surface area (Å²) >= 11 is 0. The van der Waals surface area contributed by atoms with E-state index in [1.54, 1.807) is 12.1 Å². The van der Waals surface area contributed by atoms with Gasteiger partial charge in [0, 0.05) is 0 Å². The Kier molecular flexibility index (Phi) is 13.7. The van der Waals surface area contributed by atoms with Crippen molar-refractivity contribution in [1.82, 2.24) is 0 Å². The number of rotatable bonds is 4. The predicted octanol–water partition coefficient (Wildman–Crippen LogP) is 0.853. The second-order valence-corrected chi connectivity index (χ2v) is 6.36. The number of carboxylic acid groups (broad SMARTS) is 2. The minimum atomic E-state index is -1.18. The van der Waals surface area contributed by atoms with Crippen LogP contribution in [0.1, 0.15) is 20.7 Å². The van der Waals surface area contributed by atoms with Crippen molar-refractivity contribution in [1.29, 1.82) is 0 Å². The molecule has 2 rings (SSSR count). The molecule has 0 atom stereocenters. The minimum Gasteiger partial charge on any atom is -0.872 e. The van der Waals surface area contributed by atoms with E-state index in [4.69, 9.17) is 20.4 Å². The van der Waals surface area contributed by atoms with E-state index in [0.717, 1.165) is 11.0 Å². The number of carboxylic acids is 2. The van der Waals surface area contributed by atoms with Crippen LogP contribution in [-0.2, 0) is 0 Å². The third kappa shape index (κ3) is 12.1. The van der Waals surface area contributed by atoms with Gasteiger partial charge in [-0.15, -0.1) is 0 Å². The van der Waals surface area contributed by atoms with Gasteiger partial charge in [-0.3, -0.25) is 0 Å². The number of aromatic hydroxyl groups is 1. The molecule has 0 saturated heterocycles. The summed E-state index contributed by atoms with van der Waals surface area (Å²) < 4.78 is 0.844. The summed E-state index contributed by atoms with van der Waals surface area (Å²) in [6, 6.07) is 11.3. The molecule has 0 aromatic heterocycles. The van der Waals surface area contributed by atoms with Crippen molar-refractivity contribution in [2.45, 2.75) is 0 Å². The molecule has 148 valence electrons. The van der Waals surface area contributed by atoms with Gasteiger partial charge in [0.05, 0.1) is 33.3 Å². The number of likely N-dealkylation sites (N-methyl/N-ethyl adjacent to an activating group) is 1. The van der Waals surface area contributed by atoms with Crippen LogP contribution < -0.4 is 5.11 Å². The van der Waals surface area contributed by atoms with Crippen molar-refractivity contribution in [3.05, 3.63) is 59.7 Å². The van der Waals surface area contributed by atoms with Crippen molar-refractivity contribution in [2.75, 3.05) is 34.3 Å². The number of benzene rings is 2. The average molecular weight is 404 g/mol. The van der Waals surface area contributed by atoms with Gasteiger partial charge in [0.15, 0.2) is 0 Å². The molecule has 2 aromatic carbocycles. The Morgan fingerprint density at radius 3 is 1.57 bits per heavy atom. The van der Waals surface area contributed by atoms with Crippen molar-refractivity contribution >= 4 is 35.0 Å². The van der Waals surface area contributed by atoms with Gasteiger partial charge in [0.2, 0.25) is 0 Å². The van der Waals surface area contributed by atoms with Gasteiger partial charge in [-0.25, -0.2) is 9.59 Å². The summed E-state index contributed by atoms with van der Waals surface area (Å²) in [4.78, 5) is 20.5. The first-order chi connectivity index (χ1) is 12.5. The third-order valence-electron chi connectivity index (χ3n) is 3.02. The summed E-state index contributed by atoms with van der Waals surface area (Å²) in [5, 5.41) is 44.7. The molecule has 28 heavy (non-hydrogen) atoms. The maximum atomic E-state index is 10.7. The van der Waals surface area contributed by atoms with E-state index in [-0.39, 0.29) is 46.5 Å². The van der Waals surface area contributed by atoms with E-state index in [1.807, 2.05) is 0 Å². The molecular formula is C19H25MgNO7+2. The quantitative estimate of drug-likeness (QED) is 0.438. The average Bonchev–Trinajstić information content (AvgIpc) is 2.55. The normalized spacial score (nSPS) is 9.57. The zero-order valence-corrected chi connectivity index (χ0v) is 17.6. The number of carbonyl (C=O) groups is 2. The van der Waals surface area contributed by atoms with Gasteiger partial charge >= 0.3 is 35.0 Å². The number of aliphatic hydroxyl groups excluding tert-OH is 1. The first kappa shape index (κ1) is 27.9. The second kappa shape index (κ2) is 13.8. The van der Waals surface area contributed by atoms with Gasteiger partial charge in [0.25, 0.3) is 0 Å². The molecule has 0 heterocycles. The number of quaternary nitrogens is 1. The smallest absolute Gasteiger partial charge is 0.872 e. The molecule has 0 aliphatic heterocycles. The van der Waals surface area contributed by atoms with Crippen molar-refractivity contribution in [3.8, 4) is 11.5 Å². The fourth-order valence-electron chi connectivity index (χ4n) is 1.60. The molecule has 0 bridgehead atoms. The largest absolute Gasteiger partial charge is 2.00 e. The standard InChI is InChI=1S/2C7H6O3.C5H14NO.Mg/c2*8-6-4-2-1-3-5(6)7(9)10;1-6(2,3)4-5-7;/h2*1-4,8H,(H,9,10);7H,4-5H2,1-3H3;/q;;+1;+2/p-1. The summed E-state index contributed by atoms with van der Waals surface area (Å²) in [5.41, 5.74) is -0.245. The van der Waals surface area contributed by atoms with Crippen LogP contribution in [0.2, 0.25) is 0 Å². The molecule has 0 fully saturated rings. The fourth-order valence-corrected chi connectivity index (χ4v) is 1.60. The number of nitrogens with zero attached hydrogens (tertiary/aromatic N) is 1. The molecule has 0 aliphatic carbocycles. The predicted molar refractivity (Wildman–Crippen MR) is 104 cm³/mol. The van der Waals surface area contributed by atoms with Crippen LogP contribution in [-0.4, -0.2) is 94.2 Å². The summed E-state index contributed by atoms with van der Waals surface area (Å²) in [6.45, 7) is 1.11. The van der Waals surface area contributed by atoms with E-state index in [2.05, 4.69) is 21.1 Å². The molecule has 0 saturated carbocycles. The van der Waals surface area contributed by atoms with E-state index < -0.39 is 17.7 Å². The fraction of sp³-hybridized carbons (Fsp3) is 0.263. The second-order valence-electron chi connectivity index (χ2n) is 6.36. The van der Waals surface area contributed by atoms with Crippen LogP contribution in [0, 0.1) is 0 Å². The van der Waals surface area contributed by atoms with Crippen LogP contribution in [0.25, 0.3) is 0 Å². The topological polar surface area (TPSA) is 138 Å². The van der Waals surface area contributed by atoms with E-state index >= 15 is 0 Å². The van der Waals surface area contributed by atoms with Crippen LogP contribution in [0.3, 0.4) is 0 Å². The molecule has 2 aromatic rings. The van der Waals surface area contributed by atoms with Crippen LogP contribution in [0.5, 0.6) is 11.5 Å². The van der Waals surface area contributed by atoms with E-state index in [1.165, 1.54) is 36.4 Å². The number of para-hydroxylation sites is 2. The monoisotopic (exact) mass is 403 g/mol. The molecule has 0 unspecified atom stereocenters. The molecule has 4 N–H and O–H groups in total. The van der Waals surface area contributed by atoms with Crippen LogP contribution in [0.4, 0.5) is 0 Å². The molecule has 0 amide bonds. The molecule has 0 spiro atoms. The zero-order chi connectivity index (χ0) is 21.0. The van der Waals surface area contributed by atoms with E-state index in [9.17, 15) is 14.7 Å². The van der Waals surface area contributed by atoms with Crippen molar-refractivity contribution < 1.29 is 39.6 Å². The Balaban J connectivity index is 0. The van der Waals surface area contributed by atoms with E-state index in [0.29, 0.717) is 0 Å². The third-order valence-corrected chi connectivity index (χ3v) is 3.02. The minimum absolute atomic E-state index is 0. The maximum absolute atomic E-state index is 10.7. The van der Waals surface area contributed by atoms with Crippen molar-refractivity contribution in [3.63, 3.8) is 0 Å². The number of hydrogen-bond acceptors (Lipinski definition) is 5. The Morgan fingerprint density at radius 2 is 1.32 bits per heavy atom. The van der Waals surface area contributed by atoms with Crippen molar-refractivity contribution in [2.24, 2.45) is 0 Å². The summed E-state index contributed by atoms with van der Waals surface area (Å²) in [6.07, 6.45) is 0. The Morgan fingerprint density at radius 1 is 0.893 bits per heavy atom. The number of hydrogen-bond donors (Lipinski definition) is 4. The Bertz CT molecular complexity index is 690. The molecule has 0 radical (unpaired) electrons. The number of aliphatic hydroxyl groups is 1. The Hall–Kier alpha value is -2.33. The van der Waals surface area contributed by atoms with Crippen LogP contribution >= 0.6 is 0 Å². The molecule has 0 aliphatic rings. The Labute approximate surface area is 180 Å². The van der Waals surface area contributed by atoms with Gasteiger partial charge in [-0.1, -0.05) is 36.1 Å². The first-order valence-corrected chi connectivity index (χ1v) is 7.91. The first-order valence-electron chi connectivity index (χ1n) is 7.91. The van der Waals surface area contributed by atoms with Crippen LogP contribution in [0.15, 0.2) is 48.5 Å². The van der Waals surface area contributed by atoms with Gasteiger partial charge in [-0.05, 0) is 18.2 Å². The molecule has 8 nitrogen and oxygen atoms in total. The van der Waals surface area contributed by atoms with Gasteiger partial charge in [0.1, 0.15) is 17.9 Å². The summed E-state index contributed by atoms with van der Waals surface area (Å²) in [5.74, 6) is -2.94. The molecular weight excluding hydrogens is 379 g/mol. The zero-order valence-electron chi connectivity index (χ0n) is 16.2. The summed E-state index contributed by atoms with van der Waals surface area (Å²) in [7, 11) is 6.16. The SMILES string of the molecule is C[N+](C)(C)CCO.O=C(O)c1ccccc1O.O=C(O)c1ccccc1[O-].[Mg+2]. The molecule has 9 heteroatoms. The van der Waals surface area contributed by atoms with Gasteiger partial charge < -0.3 is 30.0 Å².